The molecule has 0 bridgehead atoms. The quantitative estimate of drug-likeness (QED) is 0.236. The van der Waals surface area contributed by atoms with Crippen molar-refractivity contribution in [3.8, 4) is 5.75 Å². The summed E-state index contributed by atoms with van der Waals surface area (Å²) in [5.41, 5.74) is 9.41. The number of amides is 2. The van der Waals surface area contributed by atoms with E-state index in [-0.39, 0.29) is 23.8 Å². The zero-order valence-electron chi connectivity index (χ0n) is 20.0. The van der Waals surface area contributed by atoms with Crippen molar-refractivity contribution in [2.75, 3.05) is 16.1 Å². The van der Waals surface area contributed by atoms with Crippen molar-refractivity contribution < 1.29 is 14.3 Å². The maximum absolute atomic E-state index is 13.1. The molecule has 38 heavy (non-hydrogen) atoms. The minimum absolute atomic E-state index is 0.135. The molecule has 0 spiro atoms. The highest BCUT2D eigenvalue weighted by molar-refractivity contribution is 8.26. The Hall–Kier alpha value is -4.30. The lowest BCUT2D eigenvalue weighted by molar-refractivity contribution is -0.121. The Morgan fingerprint density at radius 3 is 2.55 bits per heavy atom. The van der Waals surface area contributed by atoms with Gasteiger partial charge in [-0.15, -0.1) is 0 Å². The molecule has 2 aromatic heterocycles. The van der Waals surface area contributed by atoms with E-state index < -0.39 is 6.09 Å². The number of pyridine rings is 1. The van der Waals surface area contributed by atoms with E-state index in [1.165, 1.54) is 16.8 Å². The molecule has 1 aliphatic heterocycles. The maximum Gasteiger partial charge on any atom is 0.409 e. The van der Waals surface area contributed by atoms with Crippen LogP contribution in [0, 0.1) is 0 Å². The lowest BCUT2D eigenvalue weighted by atomic mass is 10.2. The number of nitrogens with two attached hydrogens (primary N) is 1. The number of hydrogen-bond donors (Lipinski definition) is 4. The predicted molar refractivity (Wildman–Crippen MR) is 149 cm³/mol. The number of carbonyl (C=O) groups is 2. The molecule has 2 amide bonds. The first-order chi connectivity index (χ1) is 18.4. The van der Waals surface area contributed by atoms with Gasteiger partial charge in [-0.05, 0) is 67.0 Å². The van der Waals surface area contributed by atoms with Crippen molar-refractivity contribution in [1.29, 1.82) is 0 Å². The number of rotatable bonds is 8. The molecule has 14 heteroatoms. The second-order valence-corrected chi connectivity index (χ2v) is 10.1. The Morgan fingerprint density at radius 2 is 1.84 bits per heavy atom. The fourth-order valence-electron chi connectivity index (χ4n) is 3.93. The SMILES string of the molecule is NC(=O)Oc1ccc(Nc2nc(NC3CCCC3)nc(NN3C(=O)/C(=C/c4cccnc4)SC3=S)n2)cc1. The Balaban J connectivity index is 1.37. The van der Waals surface area contributed by atoms with E-state index in [0.29, 0.717) is 26.6 Å². The van der Waals surface area contributed by atoms with E-state index in [0.717, 1.165) is 31.2 Å². The first-order valence-corrected chi connectivity index (χ1v) is 13.0. The molecule has 0 radical (unpaired) electrons. The van der Waals surface area contributed by atoms with Crippen LogP contribution in [0.5, 0.6) is 5.75 Å². The first kappa shape index (κ1) is 25.4. The topological polar surface area (TPSA) is 160 Å². The summed E-state index contributed by atoms with van der Waals surface area (Å²) in [5, 5.41) is 7.69. The van der Waals surface area contributed by atoms with Crippen LogP contribution >= 0.6 is 24.0 Å². The molecule has 2 aliphatic rings. The van der Waals surface area contributed by atoms with Gasteiger partial charge in [-0.2, -0.15) is 20.0 Å². The summed E-state index contributed by atoms with van der Waals surface area (Å²) in [5.74, 6) is 0.716. The van der Waals surface area contributed by atoms with Crippen molar-refractivity contribution in [2.45, 2.75) is 31.7 Å². The van der Waals surface area contributed by atoms with Crippen molar-refractivity contribution in [1.82, 2.24) is 24.9 Å². The number of thioether (sulfide) groups is 1. The highest BCUT2D eigenvalue weighted by Gasteiger charge is 2.33. The summed E-state index contributed by atoms with van der Waals surface area (Å²) in [6, 6.07) is 10.4. The molecule has 194 valence electrons. The van der Waals surface area contributed by atoms with E-state index >= 15 is 0 Å². The van der Waals surface area contributed by atoms with Gasteiger partial charge in [-0.1, -0.05) is 30.7 Å². The molecule has 0 atom stereocenters. The molecule has 12 nitrogen and oxygen atoms in total. The van der Waals surface area contributed by atoms with Crippen LogP contribution in [0.15, 0.2) is 53.7 Å². The van der Waals surface area contributed by atoms with Gasteiger partial charge in [-0.25, -0.2) is 4.79 Å². The molecule has 2 fully saturated rings. The molecule has 1 aliphatic carbocycles. The van der Waals surface area contributed by atoms with E-state index in [9.17, 15) is 9.59 Å². The van der Waals surface area contributed by atoms with Crippen molar-refractivity contribution in [3.05, 3.63) is 59.3 Å². The van der Waals surface area contributed by atoms with Gasteiger partial charge in [0.1, 0.15) is 5.75 Å². The average Bonchev–Trinajstić information content (AvgIpc) is 3.49. The summed E-state index contributed by atoms with van der Waals surface area (Å²) in [4.78, 5) is 42.0. The number of hydrazine groups is 1. The van der Waals surface area contributed by atoms with Crippen LogP contribution in [-0.4, -0.2) is 47.3 Å². The van der Waals surface area contributed by atoms with Gasteiger partial charge < -0.3 is 21.1 Å². The van der Waals surface area contributed by atoms with Gasteiger partial charge in [0.2, 0.25) is 17.8 Å². The van der Waals surface area contributed by atoms with Crippen LogP contribution in [0.2, 0.25) is 0 Å². The minimum atomic E-state index is -0.896. The number of hydrogen-bond acceptors (Lipinski definition) is 12. The third kappa shape index (κ3) is 6.33. The van der Waals surface area contributed by atoms with Gasteiger partial charge in [0.25, 0.3) is 5.91 Å². The normalized spacial score (nSPS) is 16.6. The number of benzene rings is 1. The molecular formula is C24H23N9O3S2. The molecule has 1 saturated heterocycles. The number of aromatic nitrogens is 4. The van der Waals surface area contributed by atoms with Crippen LogP contribution in [0.3, 0.4) is 0 Å². The monoisotopic (exact) mass is 549 g/mol. The van der Waals surface area contributed by atoms with Crippen LogP contribution in [-0.2, 0) is 4.79 Å². The van der Waals surface area contributed by atoms with Gasteiger partial charge in [0.05, 0.1) is 4.91 Å². The maximum atomic E-state index is 13.1. The predicted octanol–water partition coefficient (Wildman–Crippen LogP) is 4.05. The molecule has 3 heterocycles. The fraction of sp³-hybridized carbons (Fsp3) is 0.208. The van der Waals surface area contributed by atoms with Gasteiger partial charge in [-0.3, -0.25) is 15.2 Å². The molecule has 1 aromatic carbocycles. The Kier molecular flexibility index (Phi) is 7.60. The summed E-state index contributed by atoms with van der Waals surface area (Å²) >= 11 is 6.61. The molecule has 0 unspecified atom stereocenters. The number of thiocarbonyl (C=S) groups is 1. The summed E-state index contributed by atoms with van der Waals surface area (Å²) in [6.07, 6.45) is 8.48. The van der Waals surface area contributed by atoms with Crippen LogP contribution in [0.1, 0.15) is 31.2 Å². The number of carbonyl (C=O) groups excluding carboxylic acids is 2. The van der Waals surface area contributed by atoms with Crippen LogP contribution in [0.25, 0.3) is 6.08 Å². The highest BCUT2D eigenvalue weighted by Crippen LogP contribution is 2.32. The van der Waals surface area contributed by atoms with Crippen LogP contribution in [0.4, 0.5) is 28.3 Å². The fourth-order valence-corrected chi connectivity index (χ4v) is 5.11. The molecule has 5 rings (SSSR count). The average molecular weight is 550 g/mol. The van der Waals surface area contributed by atoms with E-state index in [1.54, 1.807) is 48.8 Å². The second-order valence-electron chi connectivity index (χ2n) is 8.42. The summed E-state index contributed by atoms with van der Waals surface area (Å²) in [6.45, 7) is 0. The minimum Gasteiger partial charge on any atom is -0.411 e. The van der Waals surface area contributed by atoms with Gasteiger partial charge in [0.15, 0.2) is 4.32 Å². The second kappa shape index (κ2) is 11.4. The highest BCUT2D eigenvalue weighted by atomic mass is 32.2. The molecule has 1 saturated carbocycles. The van der Waals surface area contributed by atoms with E-state index in [4.69, 9.17) is 22.7 Å². The van der Waals surface area contributed by atoms with Gasteiger partial charge >= 0.3 is 6.09 Å². The Bertz CT molecular complexity index is 1380. The standard InChI is InChI=1S/C24H23N9O3S2/c25-20(35)36-17-9-7-16(8-10-17)28-22-29-21(27-15-5-1-2-6-15)30-23(31-22)32-33-19(34)18(38-24(33)37)12-14-4-3-11-26-13-14/h3-4,7-13,15H,1-2,5-6H2,(H2,25,35)(H3,27,28,29,30,31,32)/b18-12-. The molecular weight excluding hydrogens is 526 g/mol. The number of nitrogens with one attached hydrogen (secondary N) is 3. The Labute approximate surface area is 227 Å². The zero-order valence-corrected chi connectivity index (χ0v) is 21.6. The summed E-state index contributed by atoms with van der Waals surface area (Å²) < 4.78 is 5.18. The third-order valence-corrected chi connectivity index (χ3v) is 6.94. The van der Waals surface area contributed by atoms with E-state index in [2.05, 4.69) is 36.0 Å². The van der Waals surface area contributed by atoms with E-state index in [1.807, 2.05) is 6.07 Å². The summed E-state index contributed by atoms with van der Waals surface area (Å²) in [7, 11) is 0. The number of primary amides is 1. The van der Waals surface area contributed by atoms with Crippen LogP contribution < -0.4 is 26.5 Å². The number of nitrogens with zero attached hydrogens (tertiary/aromatic N) is 5. The molecule has 5 N–H and O–H groups in total. The number of ether oxygens (including phenoxy) is 1. The lowest BCUT2D eigenvalue weighted by Crippen LogP contribution is -2.35. The third-order valence-electron chi connectivity index (χ3n) is 5.64. The first-order valence-electron chi connectivity index (χ1n) is 11.7. The largest absolute Gasteiger partial charge is 0.411 e. The van der Waals surface area contributed by atoms with Crippen molar-refractivity contribution in [2.24, 2.45) is 5.73 Å². The zero-order chi connectivity index (χ0) is 26.5. The van der Waals surface area contributed by atoms with Crippen molar-refractivity contribution >= 4 is 69.9 Å². The molecule has 3 aromatic rings. The smallest absolute Gasteiger partial charge is 0.409 e. The number of anilines is 4. The van der Waals surface area contributed by atoms with Gasteiger partial charge in [0, 0.05) is 24.1 Å². The Morgan fingerprint density at radius 1 is 1.11 bits per heavy atom. The van der Waals surface area contributed by atoms with Crippen molar-refractivity contribution in [3.63, 3.8) is 0 Å². The lowest BCUT2D eigenvalue weighted by Gasteiger charge is -2.18.